The van der Waals surface area contributed by atoms with Crippen LogP contribution in [0.5, 0.6) is 0 Å². The topological polar surface area (TPSA) is 69.6 Å². The van der Waals surface area contributed by atoms with Gasteiger partial charge in [0, 0.05) is 25.4 Å². The number of rotatable bonds is 4. The maximum absolute atomic E-state index is 11.7. The first-order valence-corrected chi connectivity index (χ1v) is 6.79. The van der Waals surface area contributed by atoms with E-state index in [1.54, 1.807) is 16.7 Å². The average molecular weight is 246 g/mol. The molecule has 1 saturated heterocycles. The van der Waals surface area contributed by atoms with Crippen molar-refractivity contribution in [1.82, 2.24) is 10.2 Å². The first kappa shape index (κ1) is 13.2. The first-order chi connectivity index (χ1) is 7.65. The number of carboxylic acids is 1. The molecule has 5 nitrogen and oxygen atoms in total. The molecular weight excluding hydrogens is 228 g/mol. The molecule has 2 N–H and O–H groups in total. The number of likely N-dealkylation sites (tertiary alicyclic amines) is 1. The third-order valence-corrected chi connectivity index (χ3v) is 3.25. The fourth-order valence-corrected chi connectivity index (χ4v) is 2.04. The number of nitrogens with zero attached hydrogens (tertiary/aromatic N) is 1. The number of hydrogen-bond donors (Lipinski definition) is 2. The largest absolute Gasteiger partial charge is 0.481 e. The lowest BCUT2D eigenvalue weighted by Gasteiger charge is -2.30. The highest BCUT2D eigenvalue weighted by molar-refractivity contribution is 7.98. The minimum absolute atomic E-state index is 0.139. The number of carbonyl (C=O) groups excluding carboxylic acids is 1. The quantitative estimate of drug-likeness (QED) is 0.722. The molecule has 16 heavy (non-hydrogen) atoms. The van der Waals surface area contributed by atoms with Gasteiger partial charge >= 0.3 is 12.0 Å². The van der Waals surface area contributed by atoms with Crippen LogP contribution in [0.25, 0.3) is 0 Å². The van der Waals surface area contributed by atoms with Crippen LogP contribution >= 0.6 is 11.8 Å². The molecule has 1 fully saturated rings. The van der Waals surface area contributed by atoms with Crippen LogP contribution in [0.4, 0.5) is 4.79 Å². The van der Waals surface area contributed by atoms with Crippen molar-refractivity contribution >= 4 is 23.8 Å². The predicted molar refractivity (Wildman–Crippen MR) is 63.7 cm³/mol. The number of hydrogen-bond acceptors (Lipinski definition) is 3. The second-order valence-electron chi connectivity index (χ2n) is 3.85. The highest BCUT2D eigenvalue weighted by atomic mass is 32.2. The van der Waals surface area contributed by atoms with Crippen molar-refractivity contribution in [2.24, 2.45) is 5.92 Å². The highest BCUT2D eigenvalue weighted by Crippen LogP contribution is 2.16. The molecule has 1 aliphatic heterocycles. The molecule has 0 aromatic carbocycles. The van der Waals surface area contributed by atoms with Gasteiger partial charge in [0.1, 0.15) is 0 Å². The van der Waals surface area contributed by atoms with Gasteiger partial charge in [-0.3, -0.25) is 4.79 Å². The summed E-state index contributed by atoms with van der Waals surface area (Å²) in [5.74, 6) is -0.330. The van der Waals surface area contributed by atoms with E-state index >= 15 is 0 Å². The SMILES string of the molecule is CSCCNC(=O)N1CCC[C@@H](C(=O)O)C1. The Kier molecular flexibility index (Phi) is 5.45. The molecule has 1 heterocycles. The molecule has 2 amide bonds. The number of thioether (sulfide) groups is 1. The van der Waals surface area contributed by atoms with Crippen molar-refractivity contribution in [2.45, 2.75) is 12.8 Å². The zero-order valence-electron chi connectivity index (χ0n) is 9.44. The summed E-state index contributed by atoms with van der Waals surface area (Å²) >= 11 is 1.67. The zero-order valence-corrected chi connectivity index (χ0v) is 10.3. The van der Waals surface area contributed by atoms with E-state index in [0.717, 1.165) is 12.2 Å². The van der Waals surface area contributed by atoms with E-state index in [0.29, 0.717) is 26.1 Å². The van der Waals surface area contributed by atoms with Gasteiger partial charge in [-0.2, -0.15) is 11.8 Å². The monoisotopic (exact) mass is 246 g/mol. The molecule has 1 aliphatic rings. The normalized spacial score (nSPS) is 20.6. The van der Waals surface area contributed by atoms with E-state index in [-0.39, 0.29) is 6.03 Å². The fraction of sp³-hybridized carbons (Fsp3) is 0.800. The van der Waals surface area contributed by atoms with Crippen molar-refractivity contribution in [2.75, 3.05) is 31.6 Å². The number of carboxylic acid groups (broad SMARTS) is 1. The van der Waals surface area contributed by atoms with Crippen LogP contribution in [0.2, 0.25) is 0 Å². The van der Waals surface area contributed by atoms with Crippen molar-refractivity contribution in [3.63, 3.8) is 0 Å². The Bertz CT molecular complexity index is 260. The van der Waals surface area contributed by atoms with E-state index < -0.39 is 11.9 Å². The smallest absolute Gasteiger partial charge is 0.317 e. The van der Waals surface area contributed by atoms with Gasteiger partial charge in [-0.15, -0.1) is 0 Å². The molecule has 0 spiro atoms. The molecule has 92 valence electrons. The van der Waals surface area contributed by atoms with Crippen molar-refractivity contribution in [1.29, 1.82) is 0 Å². The first-order valence-electron chi connectivity index (χ1n) is 5.39. The lowest BCUT2D eigenvalue weighted by molar-refractivity contribution is -0.143. The Morgan fingerprint density at radius 2 is 2.31 bits per heavy atom. The van der Waals surface area contributed by atoms with Crippen LogP contribution in [0.3, 0.4) is 0 Å². The maximum Gasteiger partial charge on any atom is 0.317 e. The number of piperidine rings is 1. The van der Waals surface area contributed by atoms with Crippen molar-refractivity contribution in [3.05, 3.63) is 0 Å². The molecule has 0 aromatic heterocycles. The summed E-state index contributed by atoms with van der Waals surface area (Å²) in [5, 5.41) is 11.7. The summed E-state index contributed by atoms with van der Waals surface area (Å²) in [7, 11) is 0. The lowest BCUT2D eigenvalue weighted by atomic mass is 9.99. The van der Waals surface area contributed by atoms with Crippen LogP contribution in [-0.4, -0.2) is 53.6 Å². The number of aliphatic carboxylic acids is 1. The van der Waals surface area contributed by atoms with Gasteiger partial charge in [0.05, 0.1) is 5.92 Å². The number of carbonyl (C=O) groups is 2. The van der Waals surface area contributed by atoms with Gasteiger partial charge in [0.25, 0.3) is 0 Å². The second-order valence-corrected chi connectivity index (χ2v) is 4.83. The van der Waals surface area contributed by atoms with Crippen molar-refractivity contribution in [3.8, 4) is 0 Å². The number of urea groups is 1. The molecule has 0 radical (unpaired) electrons. The summed E-state index contributed by atoms with van der Waals surface area (Å²) in [6, 6.07) is -0.139. The molecule has 6 heteroatoms. The van der Waals surface area contributed by atoms with Crippen LogP contribution < -0.4 is 5.32 Å². The van der Waals surface area contributed by atoms with Crippen LogP contribution in [-0.2, 0) is 4.79 Å². The Morgan fingerprint density at radius 1 is 1.56 bits per heavy atom. The number of amides is 2. The molecule has 0 aliphatic carbocycles. The molecule has 0 bridgehead atoms. The minimum atomic E-state index is -0.804. The number of nitrogens with one attached hydrogen (secondary N) is 1. The van der Waals surface area contributed by atoms with Gasteiger partial charge in [-0.1, -0.05) is 0 Å². The van der Waals surface area contributed by atoms with E-state index in [1.807, 2.05) is 6.26 Å². The van der Waals surface area contributed by atoms with E-state index in [2.05, 4.69) is 5.32 Å². The molecule has 0 aromatic rings. The molecular formula is C10H18N2O3S. The summed E-state index contributed by atoms with van der Waals surface area (Å²) in [6.45, 7) is 1.63. The molecule has 1 atom stereocenters. The van der Waals surface area contributed by atoms with Gasteiger partial charge in [-0.25, -0.2) is 4.79 Å². The van der Waals surface area contributed by atoms with Crippen LogP contribution in [0.1, 0.15) is 12.8 Å². The fourth-order valence-electron chi connectivity index (χ4n) is 1.74. The predicted octanol–water partition coefficient (Wildman–Crippen LogP) is 0.856. The summed E-state index contributed by atoms with van der Waals surface area (Å²) in [4.78, 5) is 24.1. The summed E-state index contributed by atoms with van der Waals surface area (Å²) in [6.07, 6.45) is 3.42. The Hall–Kier alpha value is -0.910. The molecule has 0 saturated carbocycles. The van der Waals surface area contributed by atoms with Crippen LogP contribution in [0, 0.1) is 5.92 Å². The Labute approximate surface area is 99.6 Å². The Balaban J connectivity index is 2.35. The van der Waals surface area contributed by atoms with Gasteiger partial charge in [-0.05, 0) is 19.1 Å². The lowest BCUT2D eigenvalue weighted by Crippen LogP contribution is -2.47. The zero-order chi connectivity index (χ0) is 12.0. The maximum atomic E-state index is 11.7. The highest BCUT2D eigenvalue weighted by Gasteiger charge is 2.27. The third-order valence-electron chi connectivity index (χ3n) is 2.64. The second kappa shape index (κ2) is 6.62. The van der Waals surface area contributed by atoms with Gasteiger partial charge in [0.15, 0.2) is 0 Å². The third kappa shape index (κ3) is 3.92. The van der Waals surface area contributed by atoms with E-state index in [4.69, 9.17) is 5.11 Å². The summed E-state index contributed by atoms with van der Waals surface area (Å²) < 4.78 is 0. The Morgan fingerprint density at radius 3 is 2.94 bits per heavy atom. The van der Waals surface area contributed by atoms with Crippen LogP contribution in [0.15, 0.2) is 0 Å². The van der Waals surface area contributed by atoms with Gasteiger partial charge < -0.3 is 15.3 Å². The van der Waals surface area contributed by atoms with E-state index in [1.165, 1.54) is 0 Å². The average Bonchev–Trinajstić information content (AvgIpc) is 2.29. The minimum Gasteiger partial charge on any atom is -0.481 e. The van der Waals surface area contributed by atoms with E-state index in [9.17, 15) is 9.59 Å². The summed E-state index contributed by atoms with van der Waals surface area (Å²) in [5.41, 5.74) is 0. The molecule has 1 rings (SSSR count). The van der Waals surface area contributed by atoms with Crippen molar-refractivity contribution < 1.29 is 14.7 Å². The van der Waals surface area contributed by atoms with Gasteiger partial charge in [0.2, 0.25) is 0 Å². The molecule has 0 unspecified atom stereocenters. The standard InChI is InChI=1S/C10H18N2O3S/c1-16-6-4-11-10(15)12-5-2-3-8(7-12)9(13)14/h8H,2-7H2,1H3,(H,11,15)(H,13,14)/t8-/m1/s1.